The van der Waals surface area contributed by atoms with Crippen molar-refractivity contribution in [2.75, 3.05) is 7.11 Å². The molecule has 0 aliphatic heterocycles. The predicted molar refractivity (Wildman–Crippen MR) is 87.1 cm³/mol. The molecule has 0 aliphatic carbocycles. The van der Waals surface area contributed by atoms with Gasteiger partial charge in [-0.15, -0.1) is 0 Å². The third-order valence-electron chi connectivity index (χ3n) is 3.72. The van der Waals surface area contributed by atoms with E-state index in [-0.39, 0.29) is 11.1 Å². The molecular weight excluding hydrogens is 276 g/mol. The minimum Gasteiger partial charge on any atom is -0.496 e. The number of aromatic nitrogens is 1. The summed E-state index contributed by atoms with van der Waals surface area (Å²) in [5, 5.41) is 9.06. The van der Waals surface area contributed by atoms with Gasteiger partial charge in [-0.1, -0.05) is 13.3 Å². The van der Waals surface area contributed by atoms with Gasteiger partial charge in [0.2, 0.25) is 0 Å². The zero-order valence-electron chi connectivity index (χ0n) is 13.2. The van der Waals surface area contributed by atoms with Crippen molar-refractivity contribution in [2.24, 2.45) is 0 Å². The maximum Gasteiger partial charge on any atom is 0.268 e. The summed E-state index contributed by atoms with van der Waals surface area (Å²) in [5.74, 6) is 0.819. The molecule has 22 heavy (non-hydrogen) atoms. The number of pyridine rings is 1. The SMILES string of the molecule is CCCCn1c(-c2ccc(OC)c(C)c2)ccc(C#N)c1=O. The van der Waals surface area contributed by atoms with Gasteiger partial charge in [-0.2, -0.15) is 5.26 Å². The summed E-state index contributed by atoms with van der Waals surface area (Å²) in [4.78, 5) is 12.4. The van der Waals surface area contributed by atoms with Crippen molar-refractivity contribution in [2.45, 2.75) is 33.2 Å². The number of hydrogen-bond donors (Lipinski definition) is 0. The van der Waals surface area contributed by atoms with Crippen LogP contribution in [0.5, 0.6) is 5.75 Å². The molecule has 2 rings (SSSR count). The summed E-state index contributed by atoms with van der Waals surface area (Å²) in [7, 11) is 1.64. The number of aryl methyl sites for hydroxylation is 1. The molecule has 0 fully saturated rings. The van der Waals surface area contributed by atoms with Gasteiger partial charge in [0.1, 0.15) is 17.4 Å². The first-order chi connectivity index (χ1) is 10.6. The van der Waals surface area contributed by atoms with Gasteiger partial charge in [0, 0.05) is 6.54 Å². The zero-order chi connectivity index (χ0) is 16.1. The van der Waals surface area contributed by atoms with Crippen molar-refractivity contribution in [3.63, 3.8) is 0 Å². The number of methoxy groups -OCH3 is 1. The van der Waals surface area contributed by atoms with E-state index in [0.717, 1.165) is 35.4 Å². The Morgan fingerprint density at radius 3 is 2.64 bits per heavy atom. The lowest BCUT2D eigenvalue weighted by molar-refractivity contribution is 0.412. The zero-order valence-corrected chi connectivity index (χ0v) is 13.2. The monoisotopic (exact) mass is 296 g/mol. The molecular formula is C18H20N2O2. The first-order valence-electron chi connectivity index (χ1n) is 7.41. The lowest BCUT2D eigenvalue weighted by Gasteiger charge is -2.14. The molecule has 0 amide bonds. The van der Waals surface area contributed by atoms with Crippen LogP contribution >= 0.6 is 0 Å². The van der Waals surface area contributed by atoms with E-state index < -0.39 is 0 Å². The number of nitrogens with zero attached hydrogens (tertiary/aromatic N) is 2. The van der Waals surface area contributed by atoms with Crippen molar-refractivity contribution in [3.8, 4) is 23.1 Å². The highest BCUT2D eigenvalue weighted by atomic mass is 16.5. The average molecular weight is 296 g/mol. The van der Waals surface area contributed by atoms with Crippen LogP contribution in [0.4, 0.5) is 0 Å². The average Bonchev–Trinajstić information content (AvgIpc) is 2.53. The summed E-state index contributed by atoms with van der Waals surface area (Å²) >= 11 is 0. The van der Waals surface area contributed by atoms with Crippen LogP contribution in [0.25, 0.3) is 11.3 Å². The van der Waals surface area contributed by atoms with E-state index in [9.17, 15) is 4.79 Å². The highest BCUT2D eigenvalue weighted by Gasteiger charge is 2.11. The minimum atomic E-state index is -0.220. The van der Waals surface area contributed by atoms with Crippen LogP contribution in [0.2, 0.25) is 0 Å². The van der Waals surface area contributed by atoms with E-state index in [1.54, 1.807) is 17.7 Å². The molecule has 0 saturated heterocycles. The lowest BCUT2D eigenvalue weighted by Crippen LogP contribution is -2.24. The van der Waals surface area contributed by atoms with Crippen LogP contribution in [0.1, 0.15) is 30.9 Å². The number of hydrogen-bond acceptors (Lipinski definition) is 3. The number of benzene rings is 1. The van der Waals surface area contributed by atoms with Gasteiger partial charge >= 0.3 is 0 Å². The topological polar surface area (TPSA) is 55.0 Å². The van der Waals surface area contributed by atoms with Gasteiger partial charge in [0.25, 0.3) is 5.56 Å². The molecule has 0 bridgehead atoms. The largest absolute Gasteiger partial charge is 0.496 e. The third kappa shape index (κ3) is 3.04. The molecule has 0 N–H and O–H groups in total. The van der Waals surface area contributed by atoms with Gasteiger partial charge < -0.3 is 9.30 Å². The highest BCUT2D eigenvalue weighted by molar-refractivity contribution is 5.63. The van der Waals surface area contributed by atoms with Crippen molar-refractivity contribution in [1.82, 2.24) is 4.57 Å². The fourth-order valence-electron chi connectivity index (χ4n) is 2.49. The first-order valence-corrected chi connectivity index (χ1v) is 7.41. The lowest BCUT2D eigenvalue weighted by atomic mass is 10.1. The standard InChI is InChI=1S/C18H20N2O2/c1-4-5-10-20-16(8-6-15(12-19)18(20)21)14-7-9-17(22-3)13(2)11-14/h6-9,11H,4-5,10H2,1-3H3. The Hall–Kier alpha value is -2.54. The Kier molecular flexibility index (Phi) is 5.00. The minimum absolute atomic E-state index is 0.185. The Morgan fingerprint density at radius 2 is 2.05 bits per heavy atom. The molecule has 0 saturated carbocycles. The number of unbranched alkanes of at least 4 members (excludes halogenated alkanes) is 1. The van der Waals surface area contributed by atoms with Gasteiger partial charge in [0.05, 0.1) is 12.8 Å². The van der Waals surface area contributed by atoms with Gasteiger partial charge in [-0.25, -0.2) is 0 Å². The molecule has 0 aliphatic rings. The van der Waals surface area contributed by atoms with E-state index in [0.29, 0.717) is 6.54 Å². The van der Waals surface area contributed by atoms with E-state index in [4.69, 9.17) is 10.00 Å². The summed E-state index contributed by atoms with van der Waals surface area (Å²) in [6.45, 7) is 4.67. The molecule has 2 aromatic rings. The van der Waals surface area contributed by atoms with E-state index in [1.807, 2.05) is 37.3 Å². The van der Waals surface area contributed by atoms with E-state index >= 15 is 0 Å². The second kappa shape index (κ2) is 6.95. The molecule has 0 unspecified atom stereocenters. The summed E-state index contributed by atoms with van der Waals surface area (Å²) < 4.78 is 6.98. The summed E-state index contributed by atoms with van der Waals surface area (Å²) in [6, 6.07) is 11.3. The quantitative estimate of drug-likeness (QED) is 0.848. The van der Waals surface area contributed by atoms with Crippen molar-refractivity contribution in [1.29, 1.82) is 5.26 Å². The fraction of sp³-hybridized carbons (Fsp3) is 0.333. The highest BCUT2D eigenvalue weighted by Crippen LogP contribution is 2.25. The Balaban J connectivity index is 2.59. The molecule has 114 valence electrons. The second-order valence-electron chi connectivity index (χ2n) is 5.24. The smallest absolute Gasteiger partial charge is 0.268 e. The van der Waals surface area contributed by atoms with Crippen LogP contribution < -0.4 is 10.3 Å². The van der Waals surface area contributed by atoms with Gasteiger partial charge in [0.15, 0.2) is 0 Å². The predicted octanol–water partition coefficient (Wildman–Crippen LogP) is 3.50. The number of ether oxygens (including phenoxy) is 1. The number of rotatable bonds is 5. The van der Waals surface area contributed by atoms with E-state index in [1.165, 1.54) is 0 Å². The second-order valence-corrected chi connectivity index (χ2v) is 5.24. The van der Waals surface area contributed by atoms with Crippen molar-refractivity contribution < 1.29 is 4.74 Å². The summed E-state index contributed by atoms with van der Waals surface area (Å²) in [6.07, 6.45) is 1.89. The summed E-state index contributed by atoms with van der Waals surface area (Å²) in [5.41, 5.74) is 2.77. The van der Waals surface area contributed by atoms with Gasteiger partial charge in [-0.3, -0.25) is 4.79 Å². The molecule has 0 atom stereocenters. The molecule has 1 aromatic carbocycles. The maximum absolute atomic E-state index is 12.4. The Bertz CT molecular complexity index is 770. The Labute approximate surface area is 130 Å². The van der Waals surface area contributed by atoms with E-state index in [2.05, 4.69) is 6.92 Å². The van der Waals surface area contributed by atoms with Crippen LogP contribution in [0.3, 0.4) is 0 Å². The Morgan fingerprint density at radius 1 is 1.27 bits per heavy atom. The maximum atomic E-state index is 12.4. The molecule has 4 heteroatoms. The molecule has 0 spiro atoms. The molecule has 1 aromatic heterocycles. The van der Waals surface area contributed by atoms with Crippen LogP contribution in [0.15, 0.2) is 35.1 Å². The molecule has 1 heterocycles. The van der Waals surface area contributed by atoms with Crippen LogP contribution in [-0.4, -0.2) is 11.7 Å². The van der Waals surface area contributed by atoms with Crippen LogP contribution in [-0.2, 0) is 6.54 Å². The van der Waals surface area contributed by atoms with Crippen LogP contribution in [0, 0.1) is 18.3 Å². The normalized spacial score (nSPS) is 10.3. The van der Waals surface area contributed by atoms with Crippen molar-refractivity contribution in [3.05, 3.63) is 51.8 Å². The molecule has 0 radical (unpaired) electrons. The van der Waals surface area contributed by atoms with Crippen molar-refractivity contribution >= 4 is 0 Å². The first kappa shape index (κ1) is 15.8. The number of nitriles is 1. The molecule has 4 nitrogen and oxygen atoms in total. The van der Waals surface area contributed by atoms with Gasteiger partial charge in [-0.05, 0) is 54.8 Å². The fourth-order valence-corrected chi connectivity index (χ4v) is 2.49. The third-order valence-corrected chi connectivity index (χ3v) is 3.72.